The van der Waals surface area contributed by atoms with Crippen molar-refractivity contribution in [2.75, 3.05) is 13.3 Å². The molecule has 0 saturated carbocycles. The van der Waals surface area contributed by atoms with Crippen molar-refractivity contribution in [2.45, 2.75) is 11.4 Å². The van der Waals surface area contributed by atoms with E-state index in [4.69, 9.17) is 4.74 Å². The van der Waals surface area contributed by atoms with Crippen molar-refractivity contribution in [2.24, 2.45) is 0 Å². The van der Waals surface area contributed by atoms with Gasteiger partial charge in [0, 0.05) is 18.4 Å². The third kappa shape index (κ3) is 3.37. The van der Waals surface area contributed by atoms with Gasteiger partial charge < -0.3 is 10.1 Å². The molecular weight excluding hydrogens is 274 g/mol. The van der Waals surface area contributed by atoms with Gasteiger partial charge in [-0.15, -0.1) is 0 Å². The molecule has 20 heavy (non-hydrogen) atoms. The van der Waals surface area contributed by atoms with Crippen molar-refractivity contribution in [3.05, 3.63) is 54.1 Å². The van der Waals surface area contributed by atoms with Crippen molar-refractivity contribution in [1.29, 1.82) is 0 Å². The number of sulfone groups is 1. The lowest BCUT2D eigenvalue weighted by Gasteiger charge is -2.13. The first kappa shape index (κ1) is 14.6. The summed E-state index contributed by atoms with van der Waals surface area (Å²) in [7, 11) is -1.47. The summed E-state index contributed by atoms with van der Waals surface area (Å²) in [5.41, 5.74) is 0.971. The van der Waals surface area contributed by atoms with Crippen molar-refractivity contribution in [3.8, 4) is 11.5 Å². The lowest BCUT2D eigenvalue weighted by Crippen LogP contribution is -2.07. The molecule has 0 aromatic heterocycles. The average molecular weight is 291 g/mol. The van der Waals surface area contributed by atoms with Gasteiger partial charge in [0.2, 0.25) is 0 Å². The Labute approximate surface area is 119 Å². The van der Waals surface area contributed by atoms with Crippen LogP contribution in [-0.4, -0.2) is 21.7 Å². The molecule has 5 heteroatoms. The maximum Gasteiger partial charge on any atom is 0.179 e. The zero-order chi connectivity index (χ0) is 14.6. The van der Waals surface area contributed by atoms with Crippen LogP contribution in [0.25, 0.3) is 0 Å². The molecule has 0 amide bonds. The van der Waals surface area contributed by atoms with Crippen molar-refractivity contribution in [3.63, 3.8) is 0 Å². The molecule has 0 aliphatic carbocycles. The molecule has 2 rings (SSSR count). The van der Waals surface area contributed by atoms with Gasteiger partial charge in [-0.05, 0) is 25.2 Å². The zero-order valence-electron chi connectivity index (χ0n) is 11.5. The van der Waals surface area contributed by atoms with E-state index < -0.39 is 9.84 Å². The molecule has 2 aromatic rings. The van der Waals surface area contributed by atoms with Gasteiger partial charge in [0.25, 0.3) is 0 Å². The Kier molecular flexibility index (Phi) is 4.42. The second kappa shape index (κ2) is 6.07. The van der Waals surface area contributed by atoms with Gasteiger partial charge in [0.1, 0.15) is 16.4 Å². The maximum absolute atomic E-state index is 11.8. The number of hydrogen-bond acceptors (Lipinski definition) is 4. The Bertz CT molecular complexity index is 696. The summed E-state index contributed by atoms with van der Waals surface area (Å²) in [6, 6.07) is 14.2. The molecule has 0 saturated heterocycles. The van der Waals surface area contributed by atoms with E-state index in [1.54, 1.807) is 24.3 Å². The lowest BCUT2D eigenvalue weighted by molar-refractivity contribution is 0.460. The van der Waals surface area contributed by atoms with Crippen molar-refractivity contribution < 1.29 is 13.2 Å². The molecule has 0 aliphatic rings. The molecule has 0 fully saturated rings. The minimum atomic E-state index is -3.32. The SMILES string of the molecule is CNCc1ccccc1Oc1ccccc1S(C)(=O)=O. The third-order valence-corrected chi connectivity index (χ3v) is 3.94. The molecular formula is C15H17NO3S. The number of rotatable bonds is 5. The normalized spacial score (nSPS) is 11.3. The third-order valence-electron chi connectivity index (χ3n) is 2.81. The molecule has 0 unspecified atom stereocenters. The van der Waals surface area contributed by atoms with E-state index in [0.29, 0.717) is 18.0 Å². The monoisotopic (exact) mass is 291 g/mol. The first-order valence-electron chi connectivity index (χ1n) is 6.22. The molecule has 2 aromatic carbocycles. The second-order valence-electron chi connectivity index (χ2n) is 4.46. The van der Waals surface area contributed by atoms with E-state index in [2.05, 4.69) is 5.32 Å². The minimum Gasteiger partial charge on any atom is -0.456 e. The van der Waals surface area contributed by atoms with E-state index in [1.165, 1.54) is 6.26 Å². The van der Waals surface area contributed by atoms with Crippen LogP contribution in [0.15, 0.2) is 53.4 Å². The molecule has 0 radical (unpaired) electrons. The van der Waals surface area contributed by atoms with Crippen LogP contribution >= 0.6 is 0 Å². The molecule has 0 bridgehead atoms. The quantitative estimate of drug-likeness (QED) is 0.920. The number of hydrogen-bond donors (Lipinski definition) is 1. The predicted octanol–water partition coefficient (Wildman–Crippen LogP) is 2.60. The number of benzene rings is 2. The van der Waals surface area contributed by atoms with E-state index in [1.807, 2.05) is 31.3 Å². The van der Waals surface area contributed by atoms with Crippen LogP contribution in [-0.2, 0) is 16.4 Å². The Hall–Kier alpha value is -1.85. The van der Waals surface area contributed by atoms with Gasteiger partial charge in [-0.3, -0.25) is 0 Å². The van der Waals surface area contributed by atoms with E-state index in [0.717, 1.165) is 5.56 Å². The molecule has 4 nitrogen and oxygen atoms in total. The van der Waals surface area contributed by atoms with Crippen molar-refractivity contribution in [1.82, 2.24) is 5.32 Å². The fraction of sp³-hybridized carbons (Fsp3) is 0.200. The number of para-hydroxylation sites is 2. The van der Waals surface area contributed by atoms with Crippen LogP contribution in [0.2, 0.25) is 0 Å². The largest absolute Gasteiger partial charge is 0.456 e. The standard InChI is InChI=1S/C15H17NO3S/c1-16-11-12-7-3-4-8-13(12)19-14-9-5-6-10-15(14)20(2,17)18/h3-10,16H,11H2,1-2H3. The molecule has 0 atom stereocenters. The van der Waals surface area contributed by atoms with Gasteiger partial charge in [-0.1, -0.05) is 30.3 Å². The number of ether oxygens (including phenoxy) is 1. The fourth-order valence-electron chi connectivity index (χ4n) is 1.90. The molecule has 0 heterocycles. The van der Waals surface area contributed by atoms with E-state index in [9.17, 15) is 8.42 Å². The van der Waals surface area contributed by atoms with Gasteiger partial charge in [-0.2, -0.15) is 0 Å². The zero-order valence-corrected chi connectivity index (χ0v) is 12.3. The lowest BCUT2D eigenvalue weighted by atomic mass is 10.2. The summed E-state index contributed by atoms with van der Waals surface area (Å²) in [6.07, 6.45) is 1.18. The molecule has 0 spiro atoms. The summed E-state index contributed by atoms with van der Waals surface area (Å²) >= 11 is 0. The van der Waals surface area contributed by atoms with Gasteiger partial charge in [-0.25, -0.2) is 8.42 Å². The van der Waals surface area contributed by atoms with Gasteiger partial charge in [0.15, 0.2) is 9.84 Å². The fourth-order valence-corrected chi connectivity index (χ4v) is 2.70. The predicted molar refractivity (Wildman–Crippen MR) is 78.8 cm³/mol. The first-order valence-corrected chi connectivity index (χ1v) is 8.11. The Morgan fingerprint density at radius 3 is 2.25 bits per heavy atom. The Morgan fingerprint density at radius 2 is 1.60 bits per heavy atom. The summed E-state index contributed by atoms with van der Waals surface area (Å²) in [5, 5.41) is 3.06. The van der Waals surface area contributed by atoms with E-state index in [-0.39, 0.29) is 4.90 Å². The van der Waals surface area contributed by atoms with Crippen LogP contribution < -0.4 is 10.1 Å². The van der Waals surface area contributed by atoms with Crippen LogP contribution in [0.5, 0.6) is 11.5 Å². The minimum absolute atomic E-state index is 0.194. The summed E-state index contributed by atoms with van der Waals surface area (Å²) < 4.78 is 29.3. The Balaban J connectivity index is 2.41. The highest BCUT2D eigenvalue weighted by molar-refractivity contribution is 7.90. The van der Waals surface area contributed by atoms with E-state index >= 15 is 0 Å². The summed E-state index contributed by atoms with van der Waals surface area (Å²) in [6.45, 7) is 0.650. The highest BCUT2D eigenvalue weighted by atomic mass is 32.2. The van der Waals surface area contributed by atoms with Crippen molar-refractivity contribution >= 4 is 9.84 Å². The molecule has 1 N–H and O–H groups in total. The highest BCUT2D eigenvalue weighted by Crippen LogP contribution is 2.30. The molecule has 0 aliphatic heterocycles. The van der Waals surface area contributed by atoms with Crippen LogP contribution in [0, 0.1) is 0 Å². The smallest absolute Gasteiger partial charge is 0.179 e. The second-order valence-corrected chi connectivity index (χ2v) is 6.44. The summed E-state index contributed by atoms with van der Waals surface area (Å²) in [4.78, 5) is 0.194. The first-order chi connectivity index (χ1) is 9.52. The summed E-state index contributed by atoms with van der Waals surface area (Å²) in [5.74, 6) is 0.997. The topological polar surface area (TPSA) is 55.4 Å². The highest BCUT2D eigenvalue weighted by Gasteiger charge is 2.15. The molecule has 106 valence electrons. The van der Waals surface area contributed by atoms with Crippen LogP contribution in [0.1, 0.15) is 5.56 Å². The average Bonchev–Trinajstić information content (AvgIpc) is 2.41. The van der Waals surface area contributed by atoms with Gasteiger partial charge >= 0.3 is 0 Å². The Morgan fingerprint density at radius 1 is 1.00 bits per heavy atom. The van der Waals surface area contributed by atoms with Crippen LogP contribution in [0.3, 0.4) is 0 Å². The van der Waals surface area contributed by atoms with Gasteiger partial charge in [0.05, 0.1) is 0 Å². The number of nitrogens with one attached hydrogen (secondary N) is 1. The maximum atomic E-state index is 11.8. The van der Waals surface area contributed by atoms with Crippen LogP contribution in [0.4, 0.5) is 0 Å².